The van der Waals surface area contributed by atoms with Crippen LogP contribution >= 0.6 is 17.7 Å². The third-order valence-corrected chi connectivity index (χ3v) is 4.89. The van der Waals surface area contributed by atoms with Crippen molar-refractivity contribution in [2.45, 2.75) is 0 Å². The molecule has 1 aromatic rings. The second kappa shape index (κ2) is 4.97. The maximum atomic E-state index is 5.44. The van der Waals surface area contributed by atoms with Gasteiger partial charge in [0.1, 0.15) is 5.47 Å². The van der Waals surface area contributed by atoms with Gasteiger partial charge in [-0.15, -0.1) is 18.8 Å². The monoisotopic (exact) mass is 230 g/mol. The van der Waals surface area contributed by atoms with E-state index >= 15 is 0 Å². The molecule has 0 saturated carbocycles. The first-order chi connectivity index (χ1) is 6.17. The highest BCUT2D eigenvalue weighted by Gasteiger charge is 2.13. The summed E-state index contributed by atoms with van der Waals surface area (Å²) in [6.07, 6.45) is 1.68. The molecule has 70 valence electrons. The Labute approximate surface area is 89.1 Å². The fourth-order valence-corrected chi connectivity index (χ4v) is 3.00. The zero-order chi connectivity index (χ0) is 9.73. The lowest BCUT2D eigenvalue weighted by Crippen LogP contribution is -2.02. The third kappa shape index (κ3) is 3.28. The van der Waals surface area contributed by atoms with Crippen molar-refractivity contribution in [2.75, 3.05) is 6.61 Å². The summed E-state index contributed by atoms with van der Waals surface area (Å²) in [4.78, 5) is 0. The first-order valence-electron chi connectivity index (χ1n) is 3.80. The van der Waals surface area contributed by atoms with Crippen molar-refractivity contribution in [1.82, 2.24) is 0 Å². The molecule has 1 rings (SSSR count). The van der Waals surface area contributed by atoms with Crippen LogP contribution in [-0.2, 0) is 16.3 Å². The van der Waals surface area contributed by atoms with Crippen molar-refractivity contribution < 1.29 is 4.52 Å². The van der Waals surface area contributed by atoms with E-state index < -0.39 is 5.47 Å². The maximum Gasteiger partial charge on any atom is 0.145 e. The molecule has 1 unspecified atom stereocenters. The minimum Gasteiger partial charge on any atom is -0.334 e. The van der Waals surface area contributed by atoms with Gasteiger partial charge in [-0.1, -0.05) is 48.2 Å². The summed E-state index contributed by atoms with van der Waals surface area (Å²) in [5, 5.41) is 0.982. The number of rotatable bonds is 4. The molecule has 1 atom stereocenters. The van der Waals surface area contributed by atoms with Crippen LogP contribution in [0.1, 0.15) is 0 Å². The zero-order valence-electron chi connectivity index (χ0n) is 7.09. The van der Waals surface area contributed by atoms with Gasteiger partial charge in [-0.25, -0.2) is 0 Å². The standard InChI is InChI=1S/C9H11OPS2/c1-2-8-10-11(12,13)9-6-4-3-5-7-9/h2-7H,1,8H2,(H,12,13). The highest BCUT2D eigenvalue weighted by molar-refractivity contribution is 8.64. The summed E-state index contributed by atoms with van der Waals surface area (Å²) in [5.74, 6) is 0. The summed E-state index contributed by atoms with van der Waals surface area (Å²) in [6.45, 7) is 4.02. The molecule has 1 nitrogen and oxygen atoms in total. The normalized spacial score (nSPS) is 14.8. The summed E-state index contributed by atoms with van der Waals surface area (Å²) in [6, 6.07) is 9.70. The van der Waals surface area contributed by atoms with Crippen LogP contribution in [0.15, 0.2) is 43.0 Å². The molecule has 13 heavy (non-hydrogen) atoms. The van der Waals surface area contributed by atoms with E-state index in [-0.39, 0.29) is 0 Å². The average Bonchev–Trinajstić information content (AvgIpc) is 2.16. The Morgan fingerprint density at radius 2 is 2.08 bits per heavy atom. The van der Waals surface area contributed by atoms with E-state index in [1.165, 1.54) is 0 Å². The molecule has 0 fully saturated rings. The van der Waals surface area contributed by atoms with Crippen LogP contribution in [0.25, 0.3) is 0 Å². The number of hydrogen-bond donors (Lipinski definition) is 1. The summed E-state index contributed by atoms with van der Waals surface area (Å²) >= 11 is 9.65. The lowest BCUT2D eigenvalue weighted by atomic mass is 10.4. The largest absolute Gasteiger partial charge is 0.334 e. The predicted molar refractivity (Wildman–Crippen MR) is 65.5 cm³/mol. The molecule has 0 aliphatic carbocycles. The van der Waals surface area contributed by atoms with E-state index in [2.05, 4.69) is 18.8 Å². The van der Waals surface area contributed by atoms with Gasteiger partial charge < -0.3 is 4.52 Å². The Bertz CT molecular complexity index is 324. The Morgan fingerprint density at radius 1 is 1.46 bits per heavy atom. The number of benzene rings is 1. The van der Waals surface area contributed by atoms with Crippen LogP contribution in [0, 0.1) is 0 Å². The van der Waals surface area contributed by atoms with Gasteiger partial charge in [-0.2, -0.15) is 0 Å². The van der Waals surface area contributed by atoms with Crippen molar-refractivity contribution in [3.63, 3.8) is 0 Å². The Morgan fingerprint density at radius 3 is 2.62 bits per heavy atom. The van der Waals surface area contributed by atoms with Crippen molar-refractivity contribution >= 4 is 34.8 Å². The topological polar surface area (TPSA) is 9.23 Å². The van der Waals surface area contributed by atoms with Gasteiger partial charge in [0.05, 0.1) is 6.61 Å². The molecule has 0 radical (unpaired) electrons. The van der Waals surface area contributed by atoms with Gasteiger partial charge in [0.2, 0.25) is 0 Å². The highest BCUT2D eigenvalue weighted by atomic mass is 32.9. The molecular formula is C9H11OPS2. The predicted octanol–water partition coefficient (Wildman–Crippen LogP) is 2.75. The van der Waals surface area contributed by atoms with Gasteiger partial charge in [-0.05, 0) is 0 Å². The fraction of sp³-hybridized carbons (Fsp3) is 0.111. The summed E-state index contributed by atoms with van der Waals surface area (Å²) in [5.41, 5.74) is -2.10. The summed E-state index contributed by atoms with van der Waals surface area (Å²) < 4.78 is 5.44. The fourth-order valence-electron chi connectivity index (χ4n) is 0.845. The third-order valence-electron chi connectivity index (χ3n) is 1.45. The molecule has 0 amide bonds. The first kappa shape index (κ1) is 11.0. The van der Waals surface area contributed by atoms with Crippen molar-refractivity contribution in [3.05, 3.63) is 43.0 Å². The Balaban J connectivity index is 2.81. The SMILES string of the molecule is C=CCOP(=S)(S)c1ccccc1. The quantitative estimate of drug-likeness (QED) is 0.484. The molecule has 0 aromatic heterocycles. The van der Waals surface area contributed by atoms with Gasteiger partial charge in [0.25, 0.3) is 0 Å². The van der Waals surface area contributed by atoms with Gasteiger partial charge in [0.15, 0.2) is 0 Å². The molecule has 0 aliphatic rings. The molecule has 4 heteroatoms. The van der Waals surface area contributed by atoms with E-state index in [1.54, 1.807) is 6.08 Å². The molecule has 0 saturated heterocycles. The van der Waals surface area contributed by atoms with Crippen LogP contribution < -0.4 is 5.30 Å². The molecular weight excluding hydrogens is 219 g/mol. The molecule has 0 heterocycles. The lowest BCUT2D eigenvalue weighted by Gasteiger charge is -2.15. The number of thiol groups is 1. The van der Waals surface area contributed by atoms with E-state index in [1.807, 2.05) is 30.3 Å². The smallest absolute Gasteiger partial charge is 0.145 e. The molecule has 0 aliphatic heterocycles. The van der Waals surface area contributed by atoms with Crippen LogP contribution in [0.4, 0.5) is 0 Å². The van der Waals surface area contributed by atoms with Gasteiger partial charge in [-0.3, -0.25) is 0 Å². The second-order valence-electron chi connectivity index (χ2n) is 2.44. The van der Waals surface area contributed by atoms with Crippen LogP contribution in [0.5, 0.6) is 0 Å². The van der Waals surface area contributed by atoms with Crippen LogP contribution in [0.3, 0.4) is 0 Å². The van der Waals surface area contributed by atoms with Crippen molar-refractivity contribution in [3.8, 4) is 0 Å². The summed E-state index contributed by atoms with van der Waals surface area (Å²) in [7, 11) is 0. The van der Waals surface area contributed by atoms with E-state index in [4.69, 9.17) is 16.3 Å². The minimum atomic E-state index is -2.10. The van der Waals surface area contributed by atoms with Crippen LogP contribution in [0.2, 0.25) is 0 Å². The molecule has 1 aromatic carbocycles. The van der Waals surface area contributed by atoms with E-state index in [9.17, 15) is 0 Å². The van der Waals surface area contributed by atoms with Crippen molar-refractivity contribution in [1.29, 1.82) is 0 Å². The van der Waals surface area contributed by atoms with E-state index in [0.717, 1.165) is 5.30 Å². The minimum absolute atomic E-state index is 0.454. The maximum absolute atomic E-state index is 5.44. The zero-order valence-corrected chi connectivity index (χ0v) is 9.69. The average molecular weight is 230 g/mol. The van der Waals surface area contributed by atoms with Gasteiger partial charge in [0, 0.05) is 5.30 Å². The highest BCUT2D eigenvalue weighted by Crippen LogP contribution is 2.50. The van der Waals surface area contributed by atoms with E-state index in [0.29, 0.717) is 6.61 Å². The molecule has 0 spiro atoms. The second-order valence-corrected chi connectivity index (χ2v) is 8.30. The lowest BCUT2D eigenvalue weighted by molar-refractivity contribution is 0.417. The Hall–Kier alpha value is -0.0800. The molecule has 0 N–H and O–H groups in total. The number of hydrogen-bond acceptors (Lipinski definition) is 2. The van der Waals surface area contributed by atoms with Crippen LogP contribution in [-0.4, -0.2) is 6.61 Å². The Kier molecular flexibility index (Phi) is 4.20. The van der Waals surface area contributed by atoms with Crippen molar-refractivity contribution in [2.24, 2.45) is 0 Å². The van der Waals surface area contributed by atoms with Gasteiger partial charge >= 0.3 is 0 Å². The first-order valence-corrected chi connectivity index (χ1v) is 7.68. The molecule has 0 bridgehead atoms.